The zero-order valence-corrected chi connectivity index (χ0v) is 12.9. The van der Waals surface area contributed by atoms with Crippen LogP contribution < -0.4 is 5.32 Å². The second-order valence-electron chi connectivity index (χ2n) is 4.27. The SMILES string of the molecule is Cc1nccn1CCNc1c(Cl)cc(Cl)c2nsnc12. The van der Waals surface area contributed by atoms with Crippen LogP contribution in [0.1, 0.15) is 5.82 Å². The molecule has 104 valence electrons. The molecule has 0 atom stereocenters. The van der Waals surface area contributed by atoms with Crippen LogP contribution in [0.5, 0.6) is 0 Å². The van der Waals surface area contributed by atoms with E-state index in [1.165, 1.54) is 0 Å². The van der Waals surface area contributed by atoms with E-state index in [9.17, 15) is 0 Å². The molecule has 3 rings (SSSR count). The van der Waals surface area contributed by atoms with E-state index in [0.29, 0.717) is 22.1 Å². The maximum absolute atomic E-state index is 6.23. The van der Waals surface area contributed by atoms with E-state index in [0.717, 1.165) is 35.3 Å². The molecule has 0 unspecified atom stereocenters. The Kier molecular flexibility index (Phi) is 3.78. The summed E-state index contributed by atoms with van der Waals surface area (Å²) in [6.45, 7) is 3.48. The summed E-state index contributed by atoms with van der Waals surface area (Å²) >= 11 is 13.4. The second-order valence-corrected chi connectivity index (χ2v) is 5.61. The van der Waals surface area contributed by atoms with Gasteiger partial charge in [0.2, 0.25) is 0 Å². The first-order chi connectivity index (χ1) is 9.66. The maximum atomic E-state index is 6.23. The molecule has 0 spiro atoms. The summed E-state index contributed by atoms with van der Waals surface area (Å²) in [7, 11) is 0. The Morgan fingerprint density at radius 1 is 1.25 bits per heavy atom. The lowest BCUT2D eigenvalue weighted by Crippen LogP contribution is -2.11. The number of nitrogens with one attached hydrogen (secondary N) is 1. The molecule has 0 aliphatic heterocycles. The quantitative estimate of drug-likeness (QED) is 0.795. The number of aromatic nitrogens is 4. The molecule has 3 aromatic rings. The van der Waals surface area contributed by atoms with Gasteiger partial charge in [0.15, 0.2) is 0 Å². The standard InChI is InChI=1S/C12H11Cl2N5S/c1-7-15-2-4-19(7)5-3-16-10-8(13)6-9(14)11-12(10)18-20-17-11/h2,4,6,16H,3,5H2,1H3. The first-order valence-electron chi connectivity index (χ1n) is 5.98. The minimum Gasteiger partial charge on any atom is -0.380 e. The average molecular weight is 328 g/mol. The van der Waals surface area contributed by atoms with Gasteiger partial charge in [0.1, 0.15) is 16.9 Å². The van der Waals surface area contributed by atoms with Gasteiger partial charge in [-0.25, -0.2) is 4.98 Å². The van der Waals surface area contributed by atoms with E-state index in [2.05, 4.69) is 23.6 Å². The Labute approximate surface area is 129 Å². The molecule has 0 radical (unpaired) electrons. The summed E-state index contributed by atoms with van der Waals surface area (Å²) in [5, 5.41) is 4.38. The van der Waals surface area contributed by atoms with Crippen molar-refractivity contribution < 1.29 is 0 Å². The molecule has 5 nitrogen and oxygen atoms in total. The summed E-state index contributed by atoms with van der Waals surface area (Å²) in [5.41, 5.74) is 2.18. The number of anilines is 1. The Balaban J connectivity index is 1.81. The van der Waals surface area contributed by atoms with E-state index < -0.39 is 0 Å². The summed E-state index contributed by atoms with van der Waals surface area (Å²) in [5.74, 6) is 0.981. The first kappa shape index (κ1) is 13.6. The van der Waals surface area contributed by atoms with Gasteiger partial charge in [0.25, 0.3) is 0 Å². The van der Waals surface area contributed by atoms with Gasteiger partial charge >= 0.3 is 0 Å². The van der Waals surface area contributed by atoms with Crippen LogP contribution in [-0.2, 0) is 6.54 Å². The first-order valence-corrected chi connectivity index (χ1v) is 7.47. The third-order valence-corrected chi connectivity index (χ3v) is 4.14. The van der Waals surface area contributed by atoms with E-state index in [4.69, 9.17) is 23.2 Å². The highest BCUT2D eigenvalue weighted by Gasteiger charge is 2.13. The summed E-state index contributed by atoms with van der Waals surface area (Å²) in [6, 6.07) is 1.69. The fourth-order valence-electron chi connectivity index (χ4n) is 1.98. The Morgan fingerprint density at radius 2 is 2.05 bits per heavy atom. The van der Waals surface area contributed by atoms with Crippen molar-refractivity contribution in [1.82, 2.24) is 18.3 Å². The molecule has 1 aromatic carbocycles. The molecule has 0 aliphatic carbocycles. The molecule has 0 bridgehead atoms. The lowest BCUT2D eigenvalue weighted by atomic mass is 10.2. The molecule has 2 aromatic heterocycles. The highest BCUT2D eigenvalue weighted by atomic mass is 35.5. The van der Waals surface area contributed by atoms with E-state index >= 15 is 0 Å². The van der Waals surface area contributed by atoms with Crippen LogP contribution in [-0.4, -0.2) is 24.8 Å². The van der Waals surface area contributed by atoms with Gasteiger partial charge in [0, 0.05) is 25.5 Å². The number of aryl methyl sites for hydroxylation is 1. The maximum Gasteiger partial charge on any atom is 0.130 e. The van der Waals surface area contributed by atoms with Crippen LogP contribution in [0.25, 0.3) is 11.0 Å². The number of rotatable bonds is 4. The van der Waals surface area contributed by atoms with Crippen molar-refractivity contribution in [3.05, 3.63) is 34.3 Å². The van der Waals surface area contributed by atoms with Gasteiger partial charge in [-0.15, -0.1) is 0 Å². The van der Waals surface area contributed by atoms with Gasteiger partial charge in [0.05, 0.1) is 27.5 Å². The summed E-state index contributed by atoms with van der Waals surface area (Å²) in [4.78, 5) is 4.18. The zero-order chi connectivity index (χ0) is 14.1. The van der Waals surface area contributed by atoms with Gasteiger partial charge in [-0.2, -0.15) is 8.75 Å². The van der Waals surface area contributed by atoms with Crippen molar-refractivity contribution in [2.75, 3.05) is 11.9 Å². The van der Waals surface area contributed by atoms with Crippen molar-refractivity contribution in [3.8, 4) is 0 Å². The number of nitrogens with zero attached hydrogens (tertiary/aromatic N) is 4. The average Bonchev–Trinajstić information content (AvgIpc) is 3.03. The zero-order valence-electron chi connectivity index (χ0n) is 10.6. The molecule has 0 amide bonds. The fourth-order valence-corrected chi connectivity index (χ4v) is 3.16. The van der Waals surface area contributed by atoms with Crippen molar-refractivity contribution in [2.24, 2.45) is 0 Å². The largest absolute Gasteiger partial charge is 0.380 e. The number of fused-ring (bicyclic) bond motifs is 1. The number of halogens is 2. The Bertz CT molecular complexity index is 751. The van der Waals surface area contributed by atoms with E-state index in [1.807, 2.05) is 13.1 Å². The number of hydrogen-bond acceptors (Lipinski definition) is 5. The lowest BCUT2D eigenvalue weighted by Gasteiger charge is -2.10. The highest BCUT2D eigenvalue weighted by molar-refractivity contribution is 7.00. The number of hydrogen-bond donors (Lipinski definition) is 1. The van der Waals surface area contributed by atoms with Crippen LogP contribution in [0.15, 0.2) is 18.5 Å². The van der Waals surface area contributed by atoms with Gasteiger partial charge in [-0.05, 0) is 13.0 Å². The van der Waals surface area contributed by atoms with E-state index in [-0.39, 0.29) is 0 Å². The molecule has 0 fully saturated rings. The van der Waals surface area contributed by atoms with Crippen LogP contribution in [0.3, 0.4) is 0 Å². The van der Waals surface area contributed by atoms with Crippen LogP contribution in [0.4, 0.5) is 5.69 Å². The van der Waals surface area contributed by atoms with Crippen molar-refractivity contribution in [2.45, 2.75) is 13.5 Å². The monoisotopic (exact) mass is 327 g/mol. The van der Waals surface area contributed by atoms with E-state index in [1.54, 1.807) is 12.3 Å². The summed E-state index contributed by atoms with van der Waals surface area (Å²) < 4.78 is 10.5. The molecule has 0 aliphatic rings. The van der Waals surface area contributed by atoms with Gasteiger partial charge in [-0.3, -0.25) is 0 Å². The van der Waals surface area contributed by atoms with Crippen molar-refractivity contribution in [1.29, 1.82) is 0 Å². The van der Waals surface area contributed by atoms with Gasteiger partial charge in [-0.1, -0.05) is 23.2 Å². The molecular weight excluding hydrogens is 317 g/mol. The third-order valence-electron chi connectivity index (χ3n) is 3.02. The molecule has 1 N–H and O–H groups in total. The Morgan fingerprint density at radius 3 is 2.80 bits per heavy atom. The highest BCUT2D eigenvalue weighted by Crippen LogP contribution is 2.34. The minimum absolute atomic E-state index is 0.523. The number of benzene rings is 1. The van der Waals surface area contributed by atoms with Gasteiger partial charge < -0.3 is 9.88 Å². The topological polar surface area (TPSA) is 55.6 Å². The van der Waals surface area contributed by atoms with Crippen LogP contribution >= 0.6 is 34.9 Å². The molecule has 20 heavy (non-hydrogen) atoms. The minimum atomic E-state index is 0.523. The van der Waals surface area contributed by atoms with Crippen molar-refractivity contribution >= 4 is 51.7 Å². The smallest absolute Gasteiger partial charge is 0.130 e. The predicted molar refractivity (Wildman–Crippen MR) is 82.9 cm³/mol. The second kappa shape index (κ2) is 5.55. The fraction of sp³-hybridized carbons (Fsp3) is 0.250. The number of imidazole rings is 1. The van der Waals surface area contributed by atoms with Crippen molar-refractivity contribution in [3.63, 3.8) is 0 Å². The Hall–Kier alpha value is -1.37. The molecule has 0 saturated heterocycles. The molecule has 8 heteroatoms. The summed E-state index contributed by atoms with van der Waals surface area (Å²) in [6.07, 6.45) is 3.73. The normalized spacial score (nSPS) is 11.2. The van der Waals surface area contributed by atoms with Crippen LogP contribution in [0.2, 0.25) is 10.0 Å². The predicted octanol–water partition coefficient (Wildman–Crippen LogP) is 3.62. The third kappa shape index (κ3) is 2.46. The molecule has 0 saturated carbocycles. The molecular formula is C12H11Cl2N5S. The van der Waals surface area contributed by atoms with Crippen LogP contribution in [0, 0.1) is 6.92 Å². The lowest BCUT2D eigenvalue weighted by molar-refractivity contribution is 0.701. The molecule has 2 heterocycles.